The lowest BCUT2D eigenvalue weighted by atomic mass is 9.73. The van der Waals surface area contributed by atoms with E-state index in [0.717, 1.165) is 51.4 Å². The maximum Gasteiger partial charge on any atom is 0.309 e. The summed E-state index contributed by atoms with van der Waals surface area (Å²) in [5, 5.41) is 10.0. The van der Waals surface area contributed by atoms with E-state index in [0.29, 0.717) is 25.1 Å². The van der Waals surface area contributed by atoms with Crippen molar-refractivity contribution in [2.75, 3.05) is 11.5 Å². The Bertz CT molecular complexity index is 617. The number of aromatic nitrogens is 3. The molecule has 0 aliphatic heterocycles. The zero-order chi connectivity index (χ0) is 19.7. The van der Waals surface area contributed by atoms with E-state index in [1.165, 1.54) is 6.42 Å². The van der Waals surface area contributed by atoms with Gasteiger partial charge in [-0.15, -0.1) is 6.58 Å². The molecule has 1 saturated carbocycles. The molecule has 0 amide bonds. The third-order valence-corrected chi connectivity index (χ3v) is 5.66. The van der Waals surface area contributed by atoms with Crippen molar-refractivity contribution in [3.8, 4) is 0 Å². The van der Waals surface area contributed by atoms with Gasteiger partial charge in [0.15, 0.2) is 0 Å². The topological polar surface area (TPSA) is 128 Å². The van der Waals surface area contributed by atoms with Gasteiger partial charge in [-0.1, -0.05) is 44.6 Å². The second-order valence-electron chi connectivity index (χ2n) is 7.74. The molecule has 1 heterocycles. The Balaban J connectivity index is 2.02. The SMILES string of the molecule is C=CCCCCCCCC1(C(=O)O)CCCCC(c2nc(N)nc(N)n2)C1. The molecule has 2 atom stereocenters. The standard InChI is InChI=1S/C20H33N5O2/c1-2-3-4-5-6-7-9-12-20(17(26)27)13-10-8-11-15(14-20)16-23-18(21)25-19(22)24-16/h2,15H,1,3-14H2,(H,26,27)(H4,21,22,23,24,25). The lowest BCUT2D eigenvalue weighted by Crippen LogP contribution is -2.32. The normalized spacial score (nSPS) is 22.9. The van der Waals surface area contributed by atoms with Gasteiger partial charge in [0.25, 0.3) is 0 Å². The van der Waals surface area contributed by atoms with Crippen LogP contribution in [-0.2, 0) is 4.79 Å². The Morgan fingerprint density at radius 1 is 1.11 bits per heavy atom. The zero-order valence-corrected chi connectivity index (χ0v) is 16.2. The maximum atomic E-state index is 12.2. The van der Waals surface area contributed by atoms with Crippen LogP contribution in [0.4, 0.5) is 11.9 Å². The van der Waals surface area contributed by atoms with Crippen LogP contribution in [0.2, 0.25) is 0 Å². The van der Waals surface area contributed by atoms with Crippen molar-refractivity contribution in [1.82, 2.24) is 15.0 Å². The summed E-state index contributed by atoms with van der Waals surface area (Å²) in [4.78, 5) is 24.5. The third-order valence-electron chi connectivity index (χ3n) is 5.66. The second-order valence-corrected chi connectivity index (χ2v) is 7.74. The van der Waals surface area contributed by atoms with Crippen molar-refractivity contribution in [2.45, 2.75) is 83.0 Å². The molecule has 27 heavy (non-hydrogen) atoms. The van der Waals surface area contributed by atoms with Gasteiger partial charge in [0.1, 0.15) is 5.82 Å². The summed E-state index contributed by atoms with van der Waals surface area (Å²) in [6, 6.07) is 0. The Hall–Kier alpha value is -2.18. The molecule has 7 heteroatoms. The first-order chi connectivity index (χ1) is 13.0. The molecule has 0 saturated heterocycles. The Morgan fingerprint density at radius 3 is 2.44 bits per heavy atom. The number of nitrogen functional groups attached to an aromatic ring is 2. The van der Waals surface area contributed by atoms with Crippen molar-refractivity contribution in [3.05, 3.63) is 18.5 Å². The number of hydrogen-bond acceptors (Lipinski definition) is 6. The van der Waals surface area contributed by atoms with Crippen molar-refractivity contribution < 1.29 is 9.90 Å². The van der Waals surface area contributed by atoms with Gasteiger partial charge in [-0.3, -0.25) is 4.79 Å². The smallest absolute Gasteiger partial charge is 0.309 e. The summed E-state index contributed by atoms with van der Waals surface area (Å²) in [5.74, 6) is 0.00110. The molecule has 2 rings (SSSR count). The fourth-order valence-electron chi connectivity index (χ4n) is 4.17. The van der Waals surface area contributed by atoms with Gasteiger partial charge in [-0.05, 0) is 38.5 Å². The van der Waals surface area contributed by atoms with E-state index in [9.17, 15) is 9.90 Å². The number of rotatable bonds is 10. The highest BCUT2D eigenvalue weighted by Crippen LogP contribution is 2.45. The van der Waals surface area contributed by atoms with E-state index in [-0.39, 0.29) is 17.8 Å². The number of nitrogens with zero attached hydrogens (tertiary/aromatic N) is 3. The number of nitrogens with two attached hydrogens (primary N) is 2. The van der Waals surface area contributed by atoms with Gasteiger partial charge in [-0.2, -0.15) is 15.0 Å². The Labute approximate surface area is 161 Å². The monoisotopic (exact) mass is 375 g/mol. The lowest BCUT2D eigenvalue weighted by molar-refractivity contribution is -0.150. The summed E-state index contributed by atoms with van der Waals surface area (Å²) in [6.07, 6.45) is 13.2. The maximum absolute atomic E-state index is 12.2. The van der Waals surface area contributed by atoms with E-state index >= 15 is 0 Å². The molecule has 0 bridgehead atoms. The summed E-state index contributed by atoms with van der Waals surface area (Å²) >= 11 is 0. The van der Waals surface area contributed by atoms with Crippen molar-refractivity contribution in [3.63, 3.8) is 0 Å². The van der Waals surface area contributed by atoms with Crippen LogP contribution in [-0.4, -0.2) is 26.0 Å². The molecule has 2 unspecified atom stereocenters. The molecular formula is C20H33N5O2. The fourth-order valence-corrected chi connectivity index (χ4v) is 4.17. The molecule has 1 fully saturated rings. The summed E-state index contributed by atoms with van der Waals surface area (Å²) in [6.45, 7) is 3.74. The van der Waals surface area contributed by atoms with Crippen LogP contribution < -0.4 is 11.5 Å². The summed E-state index contributed by atoms with van der Waals surface area (Å²) in [5.41, 5.74) is 10.7. The van der Waals surface area contributed by atoms with Gasteiger partial charge < -0.3 is 16.6 Å². The molecule has 150 valence electrons. The molecule has 5 N–H and O–H groups in total. The number of unbranched alkanes of at least 4 members (excludes halogenated alkanes) is 5. The third kappa shape index (κ3) is 6.19. The Kier molecular flexibility index (Phi) is 8.00. The first kappa shape index (κ1) is 21.1. The van der Waals surface area contributed by atoms with E-state index in [4.69, 9.17) is 11.5 Å². The number of carboxylic acid groups (broad SMARTS) is 1. The minimum Gasteiger partial charge on any atom is -0.481 e. The zero-order valence-electron chi connectivity index (χ0n) is 16.2. The van der Waals surface area contributed by atoms with Crippen LogP contribution in [0.25, 0.3) is 0 Å². The average molecular weight is 376 g/mol. The van der Waals surface area contributed by atoms with Crippen LogP contribution in [0, 0.1) is 5.41 Å². The molecule has 0 aromatic carbocycles. The van der Waals surface area contributed by atoms with E-state index in [1.54, 1.807) is 0 Å². The quantitative estimate of drug-likeness (QED) is 0.319. The largest absolute Gasteiger partial charge is 0.481 e. The second kappa shape index (κ2) is 10.2. The average Bonchev–Trinajstić information content (AvgIpc) is 2.84. The highest BCUT2D eigenvalue weighted by Gasteiger charge is 2.42. The molecule has 7 nitrogen and oxygen atoms in total. The Morgan fingerprint density at radius 2 is 1.78 bits per heavy atom. The van der Waals surface area contributed by atoms with Gasteiger partial charge in [-0.25, -0.2) is 0 Å². The fraction of sp³-hybridized carbons (Fsp3) is 0.700. The van der Waals surface area contributed by atoms with Crippen molar-refractivity contribution in [2.24, 2.45) is 5.41 Å². The highest BCUT2D eigenvalue weighted by atomic mass is 16.4. The minimum atomic E-state index is -0.710. The van der Waals surface area contributed by atoms with Gasteiger partial charge in [0, 0.05) is 5.92 Å². The van der Waals surface area contributed by atoms with Gasteiger partial charge in [0.05, 0.1) is 5.41 Å². The predicted octanol–water partition coefficient (Wildman–Crippen LogP) is 4.07. The lowest BCUT2D eigenvalue weighted by Gasteiger charge is -2.30. The van der Waals surface area contributed by atoms with E-state index in [1.807, 2.05) is 6.08 Å². The minimum absolute atomic E-state index is 0.0382. The molecule has 1 aromatic heterocycles. The molecule has 1 aliphatic carbocycles. The van der Waals surface area contributed by atoms with Crippen molar-refractivity contribution in [1.29, 1.82) is 0 Å². The number of carbonyl (C=O) groups is 1. The van der Waals surface area contributed by atoms with E-state index in [2.05, 4.69) is 21.5 Å². The van der Waals surface area contributed by atoms with Crippen LogP contribution >= 0.6 is 0 Å². The van der Waals surface area contributed by atoms with Crippen LogP contribution in [0.5, 0.6) is 0 Å². The molecule has 0 spiro atoms. The van der Waals surface area contributed by atoms with Crippen molar-refractivity contribution >= 4 is 17.9 Å². The number of aliphatic carboxylic acids is 1. The summed E-state index contributed by atoms with van der Waals surface area (Å²) in [7, 11) is 0. The predicted molar refractivity (Wildman–Crippen MR) is 107 cm³/mol. The van der Waals surface area contributed by atoms with Crippen LogP contribution in [0.15, 0.2) is 12.7 Å². The number of carboxylic acids is 1. The highest BCUT2D eigenvalue weighted by molar-refractivity contribution is 5.74. The molecule has 1 aromatic rings. The summed E-state index contributed by atoms with van der Waals surface area (Å²) < 4.78 is 0. The number of hydrogen-bond donors (Lipinski definition) is 3. The van der Waals surface area contributed by atoms with Crippen LogP contribution in [0.1, 0.15) is 88.8 Å². The van der Waals surface area contributed by atoms with Crippen LogP contribution in [0.3, 0.4) is 0 Å². The number of allylic oxidation sites excluding steroid dienone is 1. The first-order valence-electron chi connectivity index (χ1n) is 10.1. The van der Waals surface area contributed by atoms with E-state index < -0.39 is 11.4 Å². The number of anilines is 2. The molecule has 1 aliphatic rings. The van der Waals surface area contributed by atoms with Gasteiger partial charge in [0.2, 0.25) is 11.9 Å². The van der Waals surface area contributed by atoms with Gasteiger partial charge >= 0.3 is 5.97 Å². The molecule has 0 radical (unpaired) electrons. The molecular weight excluding hydrogens is 342 g/mol. The first-order valence-corrected chi connectivity index (χ1v) is 10.1.